The standard InChI is InChI=1S/C25H21F3N2OS/c26-25(27,28)22-12-8-19(9-13-22)17-32-24-29-14-15-30(24)23(31)16-18-6-10-21(11-7-18)20-4-2-1-3-5-20/h1-13H,14-17H2. The van der Waals surface area contributed by atoms with Gasteiger partial charge in [-0.1, -0.05) is 78.5 Å². The van der Waals surface area contributed by atoms with Crippen LogP contribution in [0.25, 0.3) is 11.1 Å². The fourth-order valence-corrected chi connectivity index (χ4v) is 4.45. The van der Waals surface area contributed by atoms with E-state index in [9.17, 15) is 18.0 Å². The Bertz CT molecular complexity index is 1090. The lowest BCUT2D eigenvalue weighted by molar-refractivity contribution is -0.137. The number of rotatable bonds is 5. The SMILES string of the molecule is O=C(Cc1ccc(-c2ccccc2)cc1)N1CCN=C1SCc1ccc(C(F)(F)F)cc1. The van der Waals surface area contributed by atoms with Crippen LogP contribution < -0.4 is 0 Å². The molecule has 7 heteroatoms. The lowest BCUT2D eigenvalue weighted by atomic mass is 10.0. The topological polar surface area (TPSA) is 32.7 Å². The zero-order valence-corrected chi connectivity index (χ0v) is 18.0. The van der Waals surface area contributed by atoms with Gasteiger partial charge in [0.05, 0.1) is 18.5 Å². The van der Waals surface area contributed by atoms with Crippen molar-refractivity contribution in [2.24, 2.45) is 4.99 Å². The van der Waals surface area contributed by atoms with Crippen molar-refractivity contribution in [1.29, 1.82) is 0 Å². The second-order valence-corrected chi connectivity index (χ2v) is 8.38. The van der Waals surface area contributed by atoms with Gasteiger partial charge < -0.3 is 0 Å². The van der Waals surface area contributed by atoms with Crippen molar-refractivity contribution in [2.45, 2.75) is 18.3 Å². The first-order valence-corrected chi connectivity index (χ1v) is 11.2. The highest BCUT2D eigenvalue weighted by molar-refractivity contribution is 8.13. The van der Waals surface area contributed by atoms with Crippen molar-refractivity contribution >= 4 is 22.8 Å². The molecular formula is C25H21F3N2OS. The smallest absolute Gasteiger partial charge is 0.289 e. The van der Waals surface area contributed by atoms with E-state index in [1.165, 1.54) is 23.9 Å². The van der Waals surface area contributed by atoms with Crippen LogP contribution in [0.3, 0.4) is 0 Å². The van der Waals surface area contributed by atoms with Crippen LogP contribution in [0.4, 0.5) is 13.2 Å². The molecule has 0 saturated carbocycles. The summed E-state index contributed by atoms with van der Waals surface area (Å²) in [6.45, 7) is 1.06. The fraction of sp³-hybridized carbons (Fsp3) is 0.200. The van der Waals surface area contributed by atoms with E-state index < -0.39 is 11.7 Å². The van der Waals surface area contributed by atoms with Crippen molar-refractivity contribution in [3.8, 4) is 11.1 Å². The van der Waals surface area contributed by atoms with Gasteiger partial charge in [0.25, 0.3) is 0 Å². The van der Waals surface area contributed by atoms with Crippen molar-refractivity contribution < 1.29 is 18.0 Å². The monoisotopic (exact) mass is 454 g/mol. The average Bonchev–Trinajstić information content (AvgIpc) is 3.27. The van der Waals surface area contributed by atoms with Crippen molar-refractivity contribution in [2.75, 3.05) is 13.1 Å². The number of hydrogen-bond donors (Lipinski definition) is 0. The van der Waals surface area contributed by atoms with Gasteiger partial charge in [0.2, 0.25) is 5.91 Å². The van der Waals surface area contributed by atoms with E-state index in [1.54, 1.807) is 4.90 Å². The van der Waals surface area contributed by atoms with E-state index >= 15 is 0 Å². The Hall–Kier alpha value is -3.06. The molecule has 0 aliphatic carbocycles. The van der Waals surface area contributed by atoms with E-state index in [-0.39, 0.29) is 12.3 Å². The Balaban J connectivity index is 1.34. The van der Waals surface area contributed by atoms with Crippen LogP contribution in [0.2, 0.25) is 0 Å². The number of amides is 1. The molecule has 0 spiro atoms. The maximum absolute atomic E-state index is 12.9. The third-order valence-corrected chi connectivity index (χ3v) is 6.25. The molecule has 1 heterocycles. The van der Waals surface area contributed by atoms with Crippen LogP contribution in [-0.2, 0) is 23.1 Å². The summed E-state index contributed by atoms with van der Waals surface area (Å²) in [5.41, 5.74) is 3.23. The summed E-state index contributed by atoms with van der Waals surface area (Å²) < 4.78 is 38.1. The maximum Gasteiger partial charge on any atom is 0.416 e. The summed E-state index contributed by atoms with van der Waals surface area (Å²) in [4.78, 5) is 18.9. The largest absolute Gasteiger partial charge is 0.416 e. The zero-order chi connectivity index (χ0) is 22.6. The summed E-state index contributed by atoms with van der Waals surface area (Å²) in [6, 6.07) is 23.1. The lowest BCUT2D eigenvalue weighted by Crippen LogP contribution is -2.34. The number of thioether (sulfide) groups is 1. The first-order chi connectivity index (χ1) is 15.4. The molecule has 0 aromatic heterocycles. The predicted octanol–water partition coefficient (Wildman–Crippen LogP) is 6.05. The minimum absolute atomic E-state index is 0.0337. The predicted molar refractivity (Wildman–Crippen MR) is 122 cm³/mol. The molecule has 0 atom stereocenters. The molecule has 3 aromatic rings. The molecule has 3 nitrogen and oxygen atoms in total. The molecular weight excluding hydrogens is 433 g/mol. The van der Waals surface area contributed by atoms with Crippen LogP contribution in [0.1, 0.15) is 16.7 Å². The van der Waals surface area contributed by atoms with Crippen LogP contribution >= 0.6 is 11.8 Å². The minimum atomic E-state index is -4.34. The zero-order valence-electron chi connectivity index (χ0n) is 17.2. The maximum atomic E-state index is 12.9. The number of halogens is 3. The molecule has 0 fully saturated rings. The van der Waals surface area contributed by atoms with Gasteiger partial charge in [0.15, 0.2) is 5.17 Å². The first-order valence-electron chi connectivity index (χ1n) is 10.2. The molecule has 0 saturated heterocycles. The Morgan fingerprint density at radius 3 is 2.16 bits per heavy atom. The molecule has 1 amide bonds. The molecule has 164 valence electrons. The molecule has 1 aliphatic heterocycles. The van der Waals surface area contributed by atoms with Crippen molar-refractivity contribution in [1.82, 2.24) is 4.90 Å². The normalized spacial score (nSPS) is 13.8. The number of benzene rings is 3. The summed E-state index contributed by atoms with van der Waals surface area (Å²) in [5.74, 6) is 0.417. The van der Waals surface area contributed by atoms with Crippen LogP contribution in [0.15, 0.2) is 83.9 Å². The molecule has 0 unspecified atom stereocenters. The van der Waals surface area contributed by atoms with E-state index in [0.717, 1.165) is 34.4 Å². The molecule has 0 bridgehead atoms. The van der Waals surface area contributed by atoms with Gasteiger partial charge in [-0.15, -0.1) is 0 Å². The van der Waals surface area contributed by atoms with Gasteiger partial charge in [0, 0.05) is 12.3 Å². The van der Waals surface area contributed by atoms with E-state index in [0.29, 0.717) is 24.0 Å². The number of amidine groups is 1. The quantitative estimate of drug-likeness (QED) is 0.470. The number of carbonyl (C=O) groups excluding carboxylic acids is 1. The number of carbonyl (C=O) groups is 1. The van der Waals surface area contributed by atoms with Gasteiger partial charge >= 0.3 is 6.18 Å². The van der Waals surface area contributed by atoms with Crippen LogP contribution in [0, 0.1) is 0 Å². The minimum Gasteiger partial charge on any atom is -0.289 e. The number of alkyl halides is 3. The third kappa shape index (κ3) is 5.40. The molecule has 4 rings (SSSR count). The summed E-state index contributed by atoms with van der Waals surface area (Å²) in [6.07, 6.45) is -4.07. The van der Waals surface area contributed by atoms with E-state index in [1.807, 2.05) is 54.6 Å². The second kappa shape index (κ2) is 9.61. The van der Waals surface area contributed by atoms with Gasteiger partial charge in [-0.2, -0.15) is 13.2 Å². The second-order valence-electron chi connectivity index (χ2n) is 7.43. The van der Waals surface area contributed by atoms with Gasteiger partial charge in [-0.25, -0.2) is 0 Å². The summed E-state index contributed by atoms with van der Waals surface area (Å²) >= 11 is 1.37. The van der Waals surface area contributed by atoms with Crippen LogP contribution in [-0.4, -0.2) is 29.1 Å². The van der Waals surface area contributed by atoms with E-state index in [4.69, 9.17) is 0 Å². The number of aliphatic imine (C=N–C) groups is 1. The lowest BCUT2D eigenvalue weighted by Gasteiger charge is -2.18. The van der Waals surface area contributed by atoms with Crippen molar-refractivity contribution in [3.63, 3.8) is 0 Å². The Morgan fingerprint density at radius 2 is 1.50 bits per heavy atom. The Labute approximate surface area is 189 Å². The molecule has 32 heavy (non-hydrogen) atoms. The van der Waals surface area contributed by atoms with Gasteiger partial charge in [-0.3, -0.25) is 14.7 Å². The fourth-order valence-electron chi connectivity index (χ4n) is 3.44. The number of nitrogens with zero attached hydrogens (tertiary/aromatic N) is 2. The van der Waals surface area contributed by atoms with Gasteiger partial charge in [-0.05, 0) is 34.4 Å². The summed E-state index contributed by atoms with van der Waals surface area (Å²) in [5, 5.41) is 0.621. The van der Waals surface area contributed by atoms with Gasteiger partial charge in [0.1, 0.15) is 0 Å². The van der Waals surface area contributed by atoms with E-state index in [2.05, 4.69) is 4.99 Å². The molecule has 0 radical (unpaired) electrons. The van der Waals surface area contributed by atoms with Crippen LogP contribution in [0.5, 0.6) is 0 Å². The Morgan fingerprint density at radius 1 is 0.875 bits per heavy atom. The highest BCUT2D eigenvalue weighted by atomic mass is 32.2. The summed E-state index contributed by atoms with van der Waals surface area (Å²) in [7, 11) is 0. The highest BCUT2D eigenvalue weighted by Crippen LogP contribution is 2.30. The highest BCUT2D eigenvalue weighted by Gasteiger charge is 2.30. The average molecular weight is 455 g/mol. The number of hydrogen-bond acceptors (Lipinski definition) is 3. The Kier molecular flexibility index (Phi) is 6.65. The molecule has 0 N–H and O–H groups in total. The first kappa shape index (κ1) is 22.1. The van der Waals surface area contributed by atoms with Crippen molar-refractivity contribution in [3.05, 3.63) is 95.6 Å². The molecule has 3 aromatic carbocycles. The third-order valence-electron chi connectivity index (χ3n) is 5.17. The molecule has 1 aliphatic rings.